The number of nitrogens with zero attached hydrogens (tertiary/aromatic N) is 1. The average Bonchev–Trinajstić information content (AvgIpc) is 3.11. The summed E-state index contributed by atoms with van der Waals surface area (Å²) in [6.07, 6.45) is 1.53. The van der Waals surface area contributed by atoms with Crippen LogP contribution in [0.25, 0.3) is 5.76 Å². The number of ether oxygens (including phenoxy) is 3. The van der Waals surface area contributed by atoms with Crippen molar-refractivity contribution in [3.8, 4) is 17.2 Å². The Balaban J connectivity index is 2.10. The molecule has 2 aromatic rings. The molecule has 0 spiro atoms. The number of rotatable bonds is 11. The maximum absolute atomic E-state index is 13.5. The van der Waals surface area contributed by atoms with Gasteiger partial charge >= 0.3 is 0 Å². The van der Waals surface area contributed by atoms with Gasteiger partial charge in [-0.25, -0.2) is 0 Å². The van der Waals surface area contributed by atoms with Crippen molar-refractivity contribution >= 4 is 17.4 Å². The lowest BCUT2D eigenvalue weighted by Gasteiger charge is -2.28. The first-order valence-corrected chi connectivity index (χ1v) is 11.8. The van der Waals surface area contributed by atoms with Crippen molar-refractivity contribution in [2.24, 2.45) is 0 Å². The summed E-state index contributed by atoms with van der Waals surface area (Å²) in [4.78, 5) is 29.0. The van der Waals surface area contributed by atoms with Crippen molar-refractivity contribution in [3.05, 3.63) is 59.2 Å². The second kappa shape index (κ2) is 11.8. The number of benzene rings is 2. The minimum absolute atomic E-state index is 0.0540. The van der Waals surface area contributed by atoms with E-state index in [4.69, 9.17) is 14.2 Å². The fraction of sp³-hybridized carbons (Fsp3) is 0.407. The average molecular weight is 483 g/mol. The Kier molecular flexibility index (Phi) is 8.76. The lowest BCUT2D eigenvalue weighted by atomic mass is 9.95. The molecule has 3 rings (SSSR count). The third kappa shape index (κ3) is 5.77. The second-order valence-corrected chi connectivity index (χ2v) is 8.77. The fourth-order valence-corrected chi connectivity index (χ4v) is 4.13. The highest BCUT2D eigenvalue weighted by Gasteiger charge is 2.44. The summed E-state index contributed by atoms with van der Waals surface area (Å²) in [5.74, 6) is -0.250. The van der Waals surface area contributed by atoms with E-state index in [1.807, 2.05) is 21.0 Å². The molecule has 0 aromatic heterocycles. The van der Waals surface area contributed by atoms with Gasteiger partial charge in [-0.05, 0) is 41.8 Å². The van der Waals surface area contributed by atoms with Crippen LogP contribution in [0, 0.1) is 0 Å². The lowest BCUT2D eigenvalue weighted by molar-refractivity contribution is -0.858. The molecule has 1 atom stereocenters. The summed E-state index contributed by atoms with van der Waals surface area (Å²) >= 11 is 0. The van der Waals surface area contributed by atoms with Crippen LogP contribution in [0.15, 0.2) is 48.0 Å². The van der Waals surface area contributed by atoms with Crippen LogP contribution in [0.3, 0.4) is 0 Å². The van der Waals surface area contributed by atoms with Crippen LogP contribution in [-0.2, 0) is 9.59 Å². The molecule has 1 aliphatic rings. The molecule has 1 unspecified atom stereocenters. The van der Waals surface area contributed by atoms with Gasteiger partial charge in [-0.2, -0.15) is 0 Å². The Hall–Kier alpha value is -3.52. The zero-order valence-corrected chi connectivity index (χ0v) is 21.1. The number of carbonyl (C=O) groups excluding carboxylic acids is 2. The summed E-state index contributed by atoms with van der Waals surface area (Å²) in [5, 5.41) is 13.5. The van der Waals surface area contributed by atoms with Gasteiger partial charge in [0.25, 0.3) is 5.91 Å². The zero-order valence-electron chi connectivity index (χ0n) is 21.1. The first-order chi connectivity index (χ1) is 16.8. The van der Waals surface area contributed by atoms with Gasteiger partial charge in [0.2, 0.25) is 5.78 Å². The first-order valence-electron chi connectivity index (χ1n) is 11.8. The van der Waals surface area contributed by atoms with E-state index in [1.54, 1.807) is 42.5 Å². The number of nitrogens with one attached hydrogen (secondary N) is 1. The maximum atomic E-state index is 13.5. The predicted octanol–water partition coefficient (Wildman–Crippen LogP) is 1.25. The highest BCUT2D eigenvalue weighted by molar-refractivity contribution is 6.46. The summed E-state index contributed by atoms with van der Waals surface area (Å²) in [6, 6.07) is 11.0. The smallest absolute Gasteiger partial charge is 0.295 e. The van der Waals surface area contributed by atoms with Crippen LogP contribution in [0.4, 0.5) is 0 Å². The standard InChI is InChI=1S/C27H34N2O6/c1-6-16-35-21-13-10-19(17-22(21)34-5)24-23(25(30)18-8-11-20(33-4)12-9-18)26(31)27(32)29(24)15-7-14-28(2)3/h8-13,17,24,30H,6-7,14-16H2,1-5H3. The summed E-state index contributed by atoms with van der Waals surface area (Å²) in [6.45, 7) is 3.72. The van der Waals surface area contributed by atoms with Gasteiger partial charge in [0, 0.05) is 18.5 Å². The molecule has 1 N–H and O–H groups in total. The molecule has 2 aromatic carbocycles. The van der Waals surface area contributed by atoms with Gasteiger partial charge in [0.05, 0.1) is 47.5 Å². The van der Waals surface area contributed by atoms with Crippen molar-refractivity contribution in [2.75, 3.05) is 48.0 Å². The zero-order chi connectivity index (χ0) is 25.5. The van der Waals surface area contributed by atoms with E-state index in [0.717, 1.165) is 13.0 Å². The molecular formula is C27H34N2O6. The van der Waals surface area contributed by atoms with Crippen LogP contribution >= 0.6 is 0 Å². The third-order valence-corrected chi connectivity index (χ3v) is 5.92. The van der Waals surface area contributed by atoms with Crippen molar-refractivity contribution in [2.45, 2.75) is 25.8 Å². The van der Waals surface area contributed by atoms with Crippen LogP contribution in [0.5, 0.6) is 17.2 Å². The number of likely N-dealkylation sites (tertiary alicyclic amines) is 1. The van der Waals surface area contributed by atoms with Gasteiger partial charge in [-0.3, -0.25) is 9.59 Å². The number of amides is 1. The van der Waals surface area contributed by atoms with E-state index < -0.39 is 23.5 Å². The maximum Gasteiger partial charge on any atom is 0.295 e. The Morgan fingerprint density at radius 3 is 2.34 bits per heavy atom. The molecule has 35 heavy (non-hydrogen) atoms. The monoisotopic (exact) mass is 482 g/mol. The highest BCUT2D eigenvalue weighted by atomic mass is 16.5. The number of hydrogen-bond acceptors (Lipinski definition) is 6. The van der Waals surface area contributed by atoms with Crippen molar-refractivity contribution < 1.29 is 33.8 Å². The summed E-state index contributed by atoms with van der Waals surface area (Å²) in [5.41, 5.74) is 0.891. The third-order valence-electron chi connectivity index (χ3n) is 5.92. The molecule has 0 bridgehead atoms. The number of quaternary nitrogens is 1. The fourth-order valence-electron chi connectivity index (χ4n) is 4.13. The Morgan fingerprint density at radius 1 is 1.03 bits per heavy atom. The largest absolute Gasteiger partial charge is 0.872 e. The molecule has 0 saturated carbocycles. The first kappa shape index (κ1) is 26.1. The highest BCUT2D eigenvalue weighted by Crippen LogP contribution is 2.41. The quantitative estimate of drug-likeness (QED) is 0.295. The van der Waals surface area contributed by atoms with Crippen molar-refractivity contribution in [3.63, 3.8) is 0 Å². The molecule has 0 radical (unpaired) electrons. The molecule has 188 valence electrons. The van der Waals surface area contributed by atoms with E-state index in [0.29, 0.717) is 47.9 Å². The number of methoxy groups -OCH3 is 2. The summed E-state index contributed by atoms with van der Waals surface area (Å²) in [7, 11) is 7.13. The van der Waals surface area contributed by atoms with Gasteiger partial charge < -0.3 is 29.1 Å². The molecule has 1 fully saturated rings. The van der Waals surface area contributed by atoms with Crippen LogP contribution < -0.4 is 24.2 Å². The Bertz CT molecular complexity index is 1080. The van der Waals surface area contributed by atoms with Gasteiger partial charge in [0.1, 0.15) is 5.75 Å². The molecular weight excluding hydrogens is 448 g/mol. The predicted molar refractivity (Wildman–Crippen MR) is 130 cm³/mol. The van der Waals surface area contributed by atoms with Crippen LogP contribution in [0.1, 0.15) is 36.9 Å². The Labute approximate surface area is 206 Å². The molecule has 8 nitrogen and oxygen atoms in total. The van der Waals surface area contributed by atoms with Crippen LogP contribution in [0.2, 0.25) is 0 Å². The molecule has 8 heteroatoms. The molecule has 1 heterocycles. The lowest BCUT2D eigenvalue weighted by Crippen LogP contribution is -3.05. The van der Waals surface area contributed by atoms with E-state index in [2.05, 4.69) is 0 Å². The van der Waals surface area contributed by atoms with Crippen LogP contribution in [-0.4, -0.2) is 64.6 Å². The second-order valence-electron chi connectivity index (χ2n) is 8.77. The topological polar surface area (TPSA) is 92.6 Å². The van der Waals surface area contributed by atoms with E-state index in [-0.39, 0.29) is 5.57 Å². The minimum atomic E-state index is -0.809. The van der Waals surface area contributed by atoms with Gasteiger partial charge in [0.15, 0.2) is 11.5 Å². The minimum Gasteiger partial charge on any atom is -0.872 e. The van der Waals surface area contributed by atoms with Gasteiger partial charge in [-0.1, -0.05) is 30.9 Å². The Morgan fingerprint density at radius 2 is 1.74 bits per heavy atom. The summed E-state index contributed by atoms with van der Waals surface area (Å²) < 4.78 is 16.5. The number of hydrogen-bond donors (Lipinski definition) is 1. The number of ketones is 1. The SMILES string of the molecule is CCCOc1ccc(C2C(=C([O-])c3ccc(OC)cc3)C(=O)C(=O)N2CCC[NH+](C)C)cc1OC. The van der Waals surface area contributed by atoms with E-state index in [1.165, 1.54) is 24.0 Å². The van der Waals surface area contributed by atoms with Crippen molar-refractivity contribution in [1.29, 1.82) is 0 Å². The normalized spacial score (nSPS) is 17.2. The van der Waals surface area contributed by atoms with E-state index >= 15 is 0 Å². The molecule has 1 amide bonds. The number of carbonyl (C=O) groups is 2. The molecule has 1 saturated heterocycles. The molecule has 1 aliphatic heterocycles. The van der Waals surface area contributed by atoms with Gasteiger partial charge in [-0.15, -0.1) is 0 Å². The van der Waals surface area contributed by atoms with Crippen molar-refractivity contribution in [1.82, 2.24) is 4.90 Å². The number of Topliss-reactive ketones (excluding diaryl/α,β-unsaturated/α-hetero) is 1. The van der Waals surface area contributed by atoms with E-state index in [9.17, 15) is 14.7 Å². The molecule has 0 aliphatic carbocycles.